The molecule has 2 aliphatic carbocycles. The number of nitrogens with two attached hydrogens (primary N) is 1. The fraction of sp³-hybridized carbons (Fsp3) is 0.524. The van der Waals surface area contributed by atoms with Gasteiger partial charge in [-0.25, -0.2) is 4.98 Å². The molecule has 2 fully saturated rings. The number of halogens is 1. The van der Waals surface area contributed by atoms with Crippen LogP contribution in [0.4, 0.5) is 0 Å². The SMILES string of the molecule is NC1CC2CCCC(C1)C2NC(=O)CCc1ncc(-c2ccccc2Cl)o1. The average Bonchev–Trinajstić information content (AvgIpc) is 3.10. The number of amides is 1. The molecule has 2 bridgehead atoms. The summed E-state index contributed by atoms with van der Waals surface area (Å²) < 4.78 is 5.79. The topological polar surface area (TPSA) is 81.1 Å². The summed E-state index contributed by atoms with van der Waals surface area (Å²) >= 11 is 6.20. The van der Waals surface area contributed by atoms with Gasteiger partial charge in [0, 0.05) is 30.5 Å². The summed E-state index contributed by atoms with van der Waals surface area (Å²) in [5, 5.41) is 3.90. The van der Waals surface area contributed by atoms with Gasteiger partial charge in [0.05, 0.1) is 11.2 Å². The van der Waals surface area contributed by atoms with E-state index in [0.29, 0.717) is 47.4 Å². The molecular formula is C21H26ClN3O2. The summed E-state index contributed by atoms with van der Waals surface area (Å²) in [7, 11) is 0. The lowest BCUT2D eigenvalue weighted by atomic mass is 9.67. The highest BCUT2D eigenvalue weighted by Gasteiger charge is 2.39. The van der Waals surface area contributed by atoms with Gasteiger partial charge in [-0.15, -0.1) is 0 Å². The van der Waals surface area contributed by atoms with Gasteiger partial charge in [-0.1, -0.05) is 30.2 Å². The number of benzene rings is 1. The second kappa shape index (κ2) is 8.03. The van der Waals surface area contributed by atoms with Crippen LogP contribution in [0.5, 0.6) is 0 Å². The lowest BCUT2D eigenvalue weighted by Gasteiger charge is -2.45. The summed E-state index contributed by atoms with van der Waals surface area (Å²) in [6, 6.07) is 8.08. The van der Waals surface area contributed by atoms with Crippen LogP contribution in [0.15, 0.2) is 34.9 Å². The highest BCUT2D eigenvalue weighted by atomic mass is 35.5. The molecule has 0 radical (unpaired) electrons. The van der Waals surface area contributed by atoms with Gasteiger partial charge >= 0.3 is 0 Å². The van der Waals surface area contributed by atoms with Crippen LogP contribution >= 0.6 is 11.6 Å². The number of aromatic nitrogens is 1. The van der Waals surface area contributed by atoms with Gasteiger partial charge in [-0.2, -0.15) is 0 Å². The minimum Gasteiger partial charge on any atom is -0.441 e. The third kappa shape index (κ3) is 4.19. The van der Waals surface area contributed by atoms with Gasteiger partial charge in [0.25, 0.3) is 0 Å². The van der Waals surface area contributed by atoms with Gasteiger partial charge in [0.1, 0.15) is 0 Å². The monoisotopic (exact) mass is 387 g/mol. The molecule has 2 unspecified atom stereocenters. The quantitative estimate of drug-likeness (QED) is 0.813. The van der Waals surface area contributed by atoms with Crippen LogP contribution in [-0.2, 0) is 11.2 Å². The molecule has 1 aromatic carbocycles. The maximum absolute atomic E-state index is 12.5. The van der Waals surface area contributed by atoms with E-state index in [-0.39, 0.29) is 11.9 Å². The molecule has 2 aliphatic rings. The lowest BCUT2D eigenvalue weighted by molar-refractivity contribution is -0.123. The van der Waals surface area contributed by atoms with Crippen molar-refractivity contribution in [2.45, 2.75) is 57.0 Å². The predicted molar refractivity (Wildman–Crippen MR) is 105 cm³/mol. The van der Waals surface area contributed by atoms with E-state index >= 15 is 0 Å². The Morgan fingerprint density at radius 2 is 2.00 bits per heavy atom. The Labute approximate surface area is 164 Å². The first-order valence-electron chi connectivity index (χ1n) is 9.84. The largest absolute Gasteiger partial charge is 0.441 e. The Morgan fingerprint density at radius 1 is 1.26 bits per heavy atom. The standard InChI is InChI=1S/C21H26ClN3O2/c22-17-7-2-1-6-16(17)18-12-24-20(27-18)9-8-19(26)25-21-13-4-3-5-14(21)11-15(23)10-13/h1-2,6-7,12-15,21H,3-5,8-11,23H2,(H,25,26). The van der Waals surface area contributed by atoms with E-state index in [0.717, 1.165) is 18.4 Å². The highest BCUT2D eigenvalue weighted by Crippen LogP contribution is 2.39. The fourth-order valence-electron chi connectivity index (χ4n) is 4.71. The molecule has 3 N–H and O–H groups in total. The number of hydrogen-bond donors (Lipinski definition) is 2. The molecule has 0 aliphatic heterocycles. The van der Waals surface area contributed by atoms with Gasteiger partial charge < -0.3 is 15.5 Å². The van der Waals surface area contributed by atoms with Gasteiger partial charge in [-0.3, -0.25) is 4.79 Å². The summed E-state index contributed by atoms with van der Waals surface area (Å²) in [4.78, 5) is 16.8. The van der Waals surface area contributed by atoms with Gasteiger partial charge in [0.2, 0.25) is 5.91 Å². The van der Waals surface area contributed by atoms with Crippen molar-refractivity contribution >= 4 is 17.5 Å². The molecule has 2 atom stereocenters. The third-order valence-electron chi connectivity index (χ3n) is 5.96. The zero-order valence-electron chi connectivity index (χ0n) is 15.4. The van der Waals surface area contributed by atoms with Crippen LogP contribution in [0, 0.1) is 11.8 Å². The normalized spacial score (nSPS) is 27.3. The average molecular weight is 388 g/mol. The van der Waals surface area contributed by atoms with Crippen molar-refractivity contribution in [3.8, 4) is 11.3 Å². The maximum Gasteiger partial charge on any atom is 0.220 e. The van der Waals surface area contributed by atoms with Crippen molar-refractivity contribution in [1.29, 1.82) is 0 Å². The number of nitrogens with zero attached hydrogens (tertiary/aromatic N) is 1. The first kappa shape index (κ1) is 18.5. The Balaban J connectivity index is 1.33. The van der Waals surface area contributed by atoms with E-state index < -0.39 is 0 Å². The molecule has 2 saturated carbocycles. The second-order valence-electron chi connectivity index (χ2n) is 7.87. The molecule has 144 valence electrons. The van der Waals surface area contributed by atoms with Crippen molar-refractivity contribution in [2.75, 3.05) is 0 Å². The van der Waals surface area contributed by atoms with Crippen LogP contribution in [0.2, 0.25) is 5.02 Å². The zero-order valence-corrected chi connectivity index (χ0v) is 16.1. The zero-order chi connectivity index (χ0) is 18.8. The molecule has 2 aromatic rings. The van der Waals surface area contributed by atoms with E-state index in [1.54, 1.807) is 6.20 Å². The number of carbonyl (C=O) groups is 1. The van der Waals surface area contributed by atoms with Crippen LogP contribution < -0.4 is 11.1 Å². The van der Waals surface area contributed by atoms with E-state index in [1.165, 1.54) is 19.3 Å². The van der Waals surface area contributed by atoms with Gasteiger partial charge in [-0.05, 0) is 49.7 Å². The van der Waals surface area contributed by atoms with Crippen LogP contribution in [0.25, 0.3) is 11.3 Å². The van der Waals surface area contributed by atoms with Crippen LogP contribution in [-0.4, -0.2) is 23.0 Å². The Morgan fingerprint density at radius 3 is 2.74 bits per heavy atom. The highest BCUT2D eigenvalue weighted by molar-refractivity contribution is 6.33. The number of oxazole rings is 1. The van der Waals surface area contributed by atoms with Crippen LogP contribution in [0.3, 0.4) is 0 Å². The molecule has 27 heavy (non-hydrogen) atoms. The van der Waals surface area contributed by atoms with Gasteiger partial charge in [0.15, 0.2) is 11.7 Å². The Kier molecular flexibility index (Phi) is 5.50. The van der Waals surface area contributed by atoms with E-state index in [2.05, 4.69) is 10.3 Å². The molecule has 0 spiro atoms. The van der Waals surface area contributed by atoms with Crippen LogP contribution in [0.1, 0.15) is 44.4 Å². The summed E-state index contributed by atoms with van der Waals surface area (Å²) in [5.41, 5.74) is 6.98. The number of aryl methyl sites for hydroxylation is 1. The molecular weight excluding hydrogens is 362 g/mol. The molecule has 1 amide bonds. The first-order valence-corrected chi connectivity index (χ1v) is 10.2. The maximum atomic E-state index is 12.5. The lowest BCUT2D eigenvalue weighted by Crippen LogP contribution is -2.53. The third-order valence-corrected chi connectivity index (χ3v) is 6.29. The molecule has 6 heteroatoms. The van der Waals surface area contributed by atoms with E-state index in [9.17, 15) is 4.79 Å². The van der Waals surface area contributed by atoms with Crippen molar-refractivity contribution in [2.24, 2.45) is 17.6 Å². The Hall–Kier alpha value is -1.85. The van der Waals surface area contributed by atoms with Crippen molar-refractivity contribution in [1.82, 2.24) is 10.3 Å². The summed E-state index contributed by atoms with van der Waals surface area (Å²) in [6.07, 6.45) is 8.20. The number of rotatable bonds is 5. The Bertz CT molecular complexity index is 792. The molecule has 0 saturated heterocycles. The van der Waals surface area contributed by atoms with E-state index in [1.807, 2.05) is 24.3 Å². The molecule has 5 nitrogen and oxygen atoms in total. The van der Waals surface area contributed by atoms with Crippen molar-refractivity contribution in [3.63, 3.8) is 0 Å². The van der Waals surface area contributed by atoms with Crippen molar-refractivity contribution in [3.05, 3.63) is 41.4 Å². The number of fused-ring (bicyclic) bond motifs is 2. The van der Waals surface area contributed by atoms with E-state index in [4.69, 9.17) is 21.8 Å². The fourth-order valence-corrected chi connectivity index (χ4v) is 4.94. The predicted octanol–water partition coefficient (Wildman–Crippen LogP) is 3.95. The summed E-state index contributed by atoms with van der Waals surface area (Å²) in [5.74, 6) is 2.33. The smallest absolute Gasteiger partial charge is 0.220 e. The number of hydrogen-bond acceptors (Lipinski definition) is 4. The molecule has 1 aromatic heterocycles. The minimum atomic E-state index is 0.0739. The minimum absolute atomic E-state index is 0.0739. The molecule has 4 rings (SSSR count). The molecule has 1 heterocycles. The van der Waals surface area contributed by atoms with Crippen molar-refractivity contribution < 1.29 is 9.21 Å². The second-order valence-corrected chi connectivity index (χ2v) is 8.28. The number of nitrogens with one attached hydrogen (secondary N) is 1. The first-order chi connectivity index (χ1) is 13.1. The number of carbonyl (C=O) groups excluding carboxylic acids is 1. The summed E-state index contributed by atoms with van der Waals surface area (Å²) in [6.45, 7) is 0.